The van der Waals surface area contributed by atoms with Crippen molar-refractivity contribution in [2.75, 3.05) is 35.6 Å². The van der Waals surface area contributed by atoms with Crippen LogP contribution in [-0.2, 0) is 20.8 Å². The third-order valence-corrected chi connectivity index (χ3v) is 6.85. The van der Waals surface area contributed by atoms with E-state index >= 15 is 0 Å². The monoisotopic (exact) mass is 631 g/mol. The van der Waals surface area contributed by atoms with Gasteiger partial charge in [-0.05, 0) is 95.3 Å². The molecule has 0 spiro atoms. The molecule has 0 aliphatic carbocycles. The molecule has 1 unspecified atom stereocenters. The fourth-order valence-electron chi connectivity index (χ4n) is 4.46. The minimum absolute atomic E-state index is 0.0232. The zero-order valence-corrected chi connectivity index (χ0v) is 26.9. The molecule has 0 aromatic heterocycles. The van der Waals surface area contributed by atoms with Crippen molar-refractivity contribution in [3.05, 3.63) is 71.4 Å². The summed E-state index contributed by atoms with van der Waals surface area (Å²) >= 11 is 0. The molecule has 0 bridgehead atoms. The quantitative estimate of drug-likeness (QED) is 0.0524. The Balaban J connectivity index is 2.21. The summed E-state index contributed by atoms with van der Waals surface area (Å²) in [5.41, 5.74) is 25.5. The fraction of sp³-hybridized carbons (Fsp3) is 0.382. The van der Waals surface area contributed by atoms with E-state index in [-0.39, 0.29) is 29.9 Å². The number of hydrogen-bond donors (Lipinski definition) is 7. The van der Waals surface area contributed by atoms with Crippen molar-refractivity contribution in [3.63, 3.8) is 0 Å². The van der Waals surface area contributed by atoms with E-state index in [9.17, 15) is 14.4 Å². The lowest BCUT2D eigenvalue weighted by atomic mass is 10.0. The van der Waals surface area contributed by atoms with Crippen LogP contribution in [0.25, 0.3) is 6.08 Å². The molecule has 2 aromatic carbocycles. The highest BCUT2D eigenvalue weighted by Crippen LogP contribution is 2.28. The van der Waals surface area contributed by atoms with E-state index in [1.54, 1.807) is 32.0 Å². The Morgan fingerprint density at radius 2 is 1.59 bits per heavy atom. The van der Waals surface area contributed by atoms with Crippen LogP contribution in [0, 0.1) is 5.92 Å². The van der Waals surface area contributed by atoms with Crippen LogP contribution in [0.2, 0.25) is 0 Å². The van der Waals surface area contributed by atoms with Crippen LogP contribution < -0.4 is 38.9 Å². The number of aryl methyl sites for hydroxylation is 1. The van der Waals surface area contributed by atoms with E-state index < -0.39 is 11.8 Å². The Kier molecular flexibility index (Phi) is 17.1. The van der Waals surface area contributed by atoms with Crippen molar-refractivity contribution < 1.29 is 14.4 Å². The molecule has 2 aromatic rings. The van der Waals surface area contributed by atoms with Crippen LogP contribution in [0.4, 0.5) is 17.1 Å². The number of guanidine groups is 1. The normalized spacial score (nSPS) is 12.2. The van der Waals surface area contributed by atoms with Crippen molar-refractivity contribution >= 4 is 53.0 Å². The first-order valence-electron chi connectivity index (χ1n) is 15.7. The van der Waals surface area contributed by atoms with Gasteiger partial charge in [0.25, 0.3) is 5.91 Å². The van der Waals surface area contributed by atoms with Crippen LogP contribution in [-0.4, -0.2) is 49.5 Å². The molecular weight excluding hydrogens is 582 g/mol. The van der Waals surface area contributed by atoms with Gasteiger partial charge in [0.15, 0.2) is 5.96 Å². The summed E-state index contributed by atoms with van der Waals surface area (Å²) in [5, 5.41) is 8.83. The maximum atomic E-state index is 13.4. The third kappa shape index (κ3) is 13.4. The van der Waals surface area contributed by atoms with Gasteiger partial charge in [0, 0.05) is 30.4 Å². The highest BCUT2D eigenvalue weighted by molar-refractivity contribution is 6.06. The summed E-state index contributed by atoms with van der Waals surface area (Å²) in [7, 11) is 0. The molecule has 46 heavy (non-hydrogen) atoms. The van der Waals surface area contributed by atoms with Gasteiger partial charge in [0.2, 0.25) is 11.8 Å². The van der Waals surface area contributed by atoms with Crippen molar-refractivity contribution in [2.24, 2.45) is 38.8 Å². The predicted molar refractivity (Wildman–Crippen MR) is 189 cm³/mol. The Morgan fingerprint density at radius 1 is 0.870 bits per heavy atom. The molecule has 0 aliphatic rings. The number of benzene rings is 2. The molecular formula is C34H49N9O3. The van der Waals surface area contributed by atoms with Crippen LogP contribution >= 0.6 is 0 Å². The molecule has 248 valence electrons. The SMILES string of the molecule is CC=N/C(=C\C(C)C(=O)Nc1cccc(NC(=O)CCCCN=C(N)N)c1/C=C/CCN)C(=O)Nc1ccccc1CCCCN. The van der Waals surface area contributed by atoms with Crippen molar-refractivity contribution in [2.45, 2.75) is 58.8 Å². The van der Waals surface area contributed by atoms with Crippen molar-refractivity contribution in [1.82, 2.24) is 0 Å². The molecule has 0 saturated carbocycles. The molecule has 11 N–H and O–H groups in total. The number of nitrogens with zero attached hydrogens (tertiary/aromatic N) is 2. The largest absolute Gasteiger partial charge is 0.370 e. The smallest absolute Gasteiger partial charge is 0.273 e. The van der Waals surface area contributed by atoms with Crippen LogP contribution in [0.5, 0.6) is 0 Å². The number of nitrogens with one attached hydrogen (secondary N) is 3. The Bertz CT molecular complexity index is 1410. The number of aliphatic imine (C=N–C) groups is 2. The zero-order chi connectivity index (χ0) is 33.7. The van der Waals surface area contributed by atoms with Gasteiger partial charge in [0.1, 0.15) is 5.70 Å². The number of para-hydroxylation sites is 1. The highest BCUT2D eigenvalue weighted by atomic mass is 16.2. The minimum Gasteiger partial charge on any atom is -0.370 e. The first-order chi connectivity index (χ1) is 22.2. The Labute approximate surface area is 271 Å². The Hall–Kier alpha value is -4.81. The van der Waals surface area contributed by atoms with Gasteiger partial charge in [-0.3, -0.25) is 24.4 Å². The van der Waals surface area contributed by atoms with E-state index in [0.717, 1.165) is 24.8 Å². The molecule has 0 radical (unpaired) electrons. The van der Waals surface area contributed by atoms with Crippen LogP contribution in [0.3, 0.4) is 0 Å². The first kappa shape index (κ1) is 37.4. The summed E-state index contributed by atoms with van der Waals surface area (Å²) in [6, 6.07) is 12.9. The second-order valence-corrected chi connectivity index (χ2v) is 10.6. The summed E-state index contributed by atoms with van der Waals surface area (Å²) in [5.74, 6) is -1.64. The standard InChI is InChI=1S/C34H49N9O3/c1-3-39-30(33(46)42-27-16-5-4-13-25(27)14-6-9-20-35)23-24(2)32(45)43-29-18-12-17-28(26(29)15-7-10-21-36)41-31(44)19-8-11-22-40-34(37)38/h3-5,7,12-13,15-18,23-24H,6,8-11,14,19-22,35-36H2,1-2H3,(H,41,44)(H,42,46)(H,43,45)(H4,37,38,40)/b15-7+,30-23-,39-3?. The van der Waals surface area contributed by atoms with E-state index in [1.165, 1.54) is 12.3 Å². The van der Waals surface area contributed by atoms with E-state index in [1.807, 2.05) is 36.4 Å². The molecule has 12 nitrogen and oxygen atoms in total. The number of nitrogens with two attached hydrogens (primary N) is 4. The molecule has 12 heteroatoms. The van der Waals surface area contributed by atoms with Gasteiger partial charge >= 0.3 is 0 Å². The number of amides is 3. The average molecular weight is 632 g/mol. The van der Waals surface area contributed by atoms with Gasteiger partial charge in [-0.2, -0.15) is 0 Å². The van der Waals surface area contributed by atoms with E-state index in [2.05, 4.69) is 25.9 Å². The molecule has 1 atom stereocenters. The predicted octanol–water partition coefficient (Wildman–Crippen LogP) is 3.90. The fourth-order valence-corrected chi connectivity index (χ4v) is 4.46. The van der Waals surface area contributed by atoms with Gasteiger partial charge in [0.05, 0.1) is 17.3 Å². The van der Waals surface area contributed by atoms with Gasteiger partial charge in [-0.1, -0.05) is 36.4 Å². The van der Waals surface area contributed by atoms with E-state index in [0.29, 0.717) is 61.5 Å². The van der Waals surface area contributed by atoms with Crippen LogP contribution in [0.1, 0.15) is 63.5 Å². The summed E-state index contributed by atoms with van der Waals surface area (Å²) in [6.45, 7) is 4.90. The lowest BCUT2D eigenvalue weighted by Gasteiger charge is -2.16. The van der Waals surface area contributed by atoms with Crippen molar-refractivity contribution in [3.8, 4) is 0 Å². The highest BCUT2D eigenvalue weighted by Gasteiger charge is 2.18. The van der Waals surface area contributed by atoms with Gasteiger partial charge < -0.3 is 38.9 Å². The lowest BCUT2D eigenvalue weighted by molar-refractivity contribution is -0.118. The first-order valence-corrected chi connectivity index (χ1v) is 15.7. The molecule has 3 amide bonds. The average Bonchev–Trinajstić information content (AvgIpc) is 3.02. The van der Waals surface area contributed by atoms with Crippen molar-refractivity contribution in [1.29, 1.82) is 0 Å². The molecule has 0 saturated heterocycles. The van der Waals surface area contributed by atoms with Gasteiger partial charge in [-0.25, -0.2) is 0 Å². The summed E-state index contributed by atoms with van der Waals surface area (Å²) in [6.07, 6.45) is 11.5. The molecule has 2 rings (SSSR count). The minimum atomic E-state index is -0.714. The number of unbranched alkanes of at least 4 members (excludes halogenated alkanes) is 2. The zero-order valence-electron chi connectivity index (χ0n) is 26.9. The summed E-state index contributed by atoms with van der Waals surface area (Å²) in [4.78, 5) is 47.5. The maximum Gasteiger partial charge on any atom is 0.273 e. The van der Waals surface area contributed by atoms with Crippen LogP contribution in [0.15, 0.2) is 70.3 Å². The number of carbonyl (C=O) groups excluding carboxylic acids is 3. The second kappa shape index (κ2) is 21.0. The number of hydrogen-bond acceptors (Lipinski definition) is 7. The number of rotatable bonds is 19. The lowest BCUT2D eigenvalue weighted by Crippen LogP contribution is -2.23. The summed E-state index contributed by atoms with van der Waals surface area (Å²) < 4.78 is 0. The van der Waals surface area contributed by atoms with E-state index in [4.69, 9.17) is 22.9 Å². The Morgan fingerprint density at radius 3 is 2.28 bits per heavy atom. The molecule has 0 heterocycles. The topological polar surface area (TPSA) is 216 Å². The molecule has 0 aliphatic heterocycles. The maximum absolute atomic E-state index is 13.4. The number of carbonyl (C=O) groups is 3. The molecule has 0 fully saturated rings. The van der Waals surface area contributed by atoms with Gasteiger partial charge in [-0.15, -0.1) is 0 Å². The third-order valence-electron chi connectivity index (χ3n) is 6.85. The number of anilines is 3. The second-order valence-electron chi connectivity index (χ2n) is 10.6.